The summed E-state index contributed by atoms with van der Waals surface area (Å²) in [7, 11) is 0. The van der Waals surface area contributed by atoms with Crippen LogP contribution >= 0.6 is 0 Å². The quantitative estimate of drug-likeness (QED) is 0.446. The third kappa shape index (κ3) is 5.17. The molecule has 6 heteroatoms. The van der Waals surface area contributed by atoms with Gasteiger partial charge in [0.15, 0.2) is 0 Å². The number of rotatable bonds is 11. The van der Waals surface area contributed by atoms with E-state index in [0.29, 0.717) is 0 Å². The van der Waals surface area contributed by atoms with Gasteiger partial charge in [0.1, 0.15) is 0 Å². The van der Waals surface area contributed by atoms with Crippen LogP contribution in [0, 0.1) is 0 Å². The van der Waals surface area contributed by atoms with Crippen LogP contribution in [-0.2, 0) is 21.1 Å². The van der Waals surface area contributed by atoms with Crippen LogP contribution in [0.4, 0.5) is 3.50 Å². The van der Waals surface area contributed by atoms with E-state index < -0.39 is 37.0 Å². The van der Waals surface area contributed by atoms with E-state index in [0.717, 1.165) is 49.7 Å². The fourth-order valence-electron chi connectivity index (χ4n) is 2.51. The van der Waals surface area contributed by atoms with E-state index in [1.165, 1.54) is 3.28 Å². The summed E-state index contributed by atoms with van der Waals surface area (Å²) in [5.74, 6) is 0. The Morgan fingerprint density at radius 3 is 1.95 bits per heavy atom. The van der Waals surface area contributed by atoms with Crippen molar-refractivity contribution in [2.45, 2.75) is 46.5 Å². The van der Waals surface area contributed by atoms with Gasteiger partial charge in [-0.25, -0.2) is 0 Å². The van der Waals surface area contributed by atoms with Crippen LogP contribution in [0.5, 0.6) is 0 Å². The maximum atomic E-state index is 13.5. The van der Waals surface area contributed by atoms with Gasteiger partial charge in [0.05, 0.1) is 0 Å². The first-order valence-electron chi connectivity index (χ1n) is 7.94. The van der Waals surface area contributed by atoms with Gasteiger partial charge in [0, 0.05) is 0 Å². The van der Waals surface area contributed by atoms with Crippen molar-refractivity contribution in [3.05, 3.63) is 19.8 Å². The Hall–Kier alpha value is 0.716. The second-order valence-electron chi connectivity index (χ2n) is 5.27. The number of hydrogen-bond donors (Lipinski definition) is 3. The van der Waals surface area contributed by atoms with Crippen LogP contribution in [0.15, 0.2) is 19.8 Å². The monoisotopic (exact) mass is 423 g/mol. The molecule has 0 aromatic carbocycles. The van der Waals surface area contributed by atoms with Crippen molar-refractivity contribution in [1.82, 2.24) is 9.78 Å². The molecule has 0 aromatic rings. The minimum atomic E-state index is -3.01. The number of hydrogen-bond acceptors (Lipinski definition) is 3. The van der Waals surface area contributed by atoms with Crippen LogP contribution < -0.4 is 9.78 Å². The molecule has 0 radical (unpaired) electrons. The third-order valence-electron chi connectivity index (χ3n) is 3.55. The topological polar surface area (TPSA) is 36.1 Å². The Balaban J connectivity index is 2.99. The molecule has 3 N–H and O–H groups in total. The summed E-state index contributed by atoms with van der Waals surface area (Å²) < 4.78 is 27.4. The Kier molecular flexibility index (Phi) is 9.80. The summed E-state index contributed by atoms with van der Waals surface area (Å²) in [4.78, 5) is 0. The fraction of sp³-hybridized carbons (Fsp3) is 0.714. The van der Waals surface area contributed by atoms with Crippen LogP contribution in [0.25, 0.3) is 0 Å². The first kappa shape index (κ1) is 18.8. The molecule has 1 rings (SSSR count). The second-order valence-corrected chi connectivity index (χ2v) is 15.2. The van der Waals surface area contributed by atoms with Gasteiger partial charge in [-0.3, -0.25) is 0 Å². The molecule has 0 saturated heterocycles. The molecule has 0 saturated carbocycles. The molecule has 0 fully saturated rings. The van der Waals surface area contributed by atoms with Gasteiger partial charge < -0.3 is 0 Å². The van der Waals surface area contributed by atoms with Gasteiger partial charge >= 0.3 is 136 Å². The van der Waals surface area contributed by atoms with E-state index in [1.807, 2.05) is 0 Å². The van der Waals surface area contributed by atoms with E-state index in [4.69, 9.17) is 0 Å². The average molecular weight is 423 g/mol. The van der Waals surface area contributed by atoms with Crippen molar-refractivity contribution in [3.8, 4) is 0 Å². The molecule has 0 heterocycles. The predicted octanol–water partition coefficient (Wildman–Crippen LogP) is 2.11. The number of allylic oxidation sites excluding steroid dienone is 4. The van der Waals surface area contributed by atoms with E-state index >= 15 is 0 Å². The molecule has 0 atom stereocenters. The molecule has 20 heavy (non-hydrogen) atoms. The van der Waals surface area contributed by atoms with Gasteiger partial charge in [-0.2, -0.15) is 0 Å². The molecule has 1 aliphatic rings. The Morgan fingerprint density at radius 2 is 1.55 bits per heavy atom. The van der Waals surface area contributed by atoms with Gasteiger partial charge in [-0.15, -0.1) is 0 Å². The van der Waals surface area contributed by atoms with E-state index in [9.17, 15) is 3.50 Å². The summed E-state index contributed by atoms with van der Waals surface area (Å²) in [6.07, 6.45) is 8.50. The fourth-order valence-corrected chi connectivity index (χ4v) is 17.4. The van der Waals surface area contributed by atoms with Crippen molar-refractivity contribution in [2.75, 3.05) is 19.6 Å². The van der Waals surface area contributed by atoms with Crippen LogP contribution in [0.3, 0.4) is 0 Å². The Labute approximate surface area is 135 Å². The molecular formula is C14H30FGeN3Zr. The van der Waals surface area contributed by atoms with Crippen molar-refractivity contribution >= 4 is 15.9 Å². The Morgan fingerprint density at radius 1 is 1.05 bits per heavy atom. The third-order valence-corrected chi connectivity index (χ3v) is 16.6. The number of nitrogens with one attached hydrogen (secondary N) is 3. The molecule has 0 unspecified atom stereocenters. The van der Waals surface area contributed by atoms with E-state index in [2.05, 4.69) is 42.7 Å². The van der Waals surface area contributed by atoms with Crippen molar-refractivity contribution in [1.29, 1.82) is 0 Å². The molecule has 0 amide bonds. The summed E-state index contributed by atoms with van der Waals surface area (Å²) in [5.41, 5.74) is 0. The molecule has 116 valence electrons. The minimum absolute atomic E-state index is 0.949. The maximum absolute atomic E-state index is 13.5. The van der Waals surface area contributed by atoms with Gasteiger partial charge in [0.25, 0.3) is 0 Å². The van der Waals surface area contributed by atoms with Gasteiger partial charge in [0.2, 0.25) is 0 Å². The molecule has 0 aromatic heterocycles. The molecule has 1 aliphatic carbocycles. The first-order chi connectivity index (χ1) is 9.74. The van der Waals surface area contributed by atoms with Crippen molar-refractivity contribution in [3.63, 3.8) is 0 Å². The second kappa shape index (κ2) is 10.4. The normalized spacial score (nSPS) is 16.0. The zero-order valence-corrected chi connectivity index (χ0v) is 18.6. The average Bonchev–Trinajstić information content (AvgIpc) is 2.96. The van der Waals surface area contributed by atoms with Crippen LogP contribution in [0.2, 0.25) is 0 Å². The SMILES string of the molecule is CCC[NH][Zr]([NH]CCC)([NH]CCC)[C]1=[C]([GeH2][F])C=CC1. The zero-order chi connectivity index (χ0) is 14.8. The van der Waals surface area contributed by atoms with Crippen LogP contribution in [-0.4, -0.2) is 35.5 Å². The molecule has 0 bridgehead atoms. The van der Waals surface area contributed by atoms with Crippen molar-refractivity contribution < 1.29 is 24.6 Å². The van der Waals surface area contributed by atoms with E-state index in [1.54, 1.807) is 0 Å². The van der Waals surface area contributed by atoms with Crippen molar-refractivity contribution in [2.24, 2.45) is 0 Å². The summed E-state index contributed by atoms with van der Waals surface area (Å²) in [6, 6.07) is 0. The molecule has 0 spiro atoms. The first-order valence-corrected chi connectivity index (χ1v) is 15.5. The van der Waals surface area contributed by atoms with Gasteiger partial charge in [-0.05, 0) is 0 Å². The van der Waals surface area contributed by atoms with Crippen LogP contribution in [0.1, 0.15) is 46.5 Å². The van der Waals surface area contributed by atoms with Gasteiger partial charge in [-0.1, -0.05) is 0 Å². The summed E-state index contributed by atoms with van der Waals surface area (Å²) in [5, 5.41) is 0. The van der Waals surface area contributed by atoms with E-state index in [-0.39, 0.29) is 0 Å². The summed E-state index contributed by atoms with van der Waals surface area (Å²) >= 11 is -5.03. The number of halogens is 1. The molecule has 3 nitrogen and oxygen atoms in total. The predicted molar refractivity (Wildman–Crippen MR) is 85.3 cm³/mol. The Bertz CT molecular complexity index is 326. The molecule has 0 aliphatic heterocycles. The summed E-state index contributed by atoms with van der Waals surface area (Å²) in [6.45, 7) is 9.62. The molecular weight excluding hydrogens is 393 g/mol. The zero-order valence-electron chi connectivity index (χ0n) is 13.2. The standard InChI is InChI=1S/C5H6FGe.3C3H8N.Zr/c6-7-5-3-1-2-4-5;3*1-2-3-4;/h1,3H,2,7H2;3*4H,2-3H2,1H3;/q;3*-1;+3.